The number of aromatic nitrogens is 1. The van der Waals surface area contributed by atoms with E-state index in [-0.39, 0.29) is 6.61 Å². The van der Waals surface area contributed by atoms with Crippen molar-refractivity contribution in [2.45, 2.75) is 11.8 Å². The molecule has 2 heterocycles. The number of nitrogens with zero attached hydrogens (tertiary/aromatic N) is 2. The first kappa shape index (κ1) is 11.0. The summed E-state index contributed by atoms with van der Waals surface area (Å²) in [7, 11) is 0. The zero-order valence-electron chi connectivity index (χ0n) is 8.64. The van der Waals surface area contributed by atoms with Crippen molar-refractivity contribution < 1.29 is 9.13 Å². The molecule has 6 heteroatoms. The molecule has 86 valence electrons. The first-order valence-corrected chi connectivity index (χ1v) is 4.88. The lowest BCUT2D eigenvalue weighted by Crippen LogP contribution is -2.43. The molecule has 0 aliphatic carbocycles. The zero-order valence-corrected chi connectivity index (χ0v) is 8.64. The average Bonchev–Trinajstić information content (AvgIpc) is 2.31. The van der Waals surface area contributed by atoms with Gasteiger partial charge in [0.05, 0.1) is 12.3 Å². The van der Waals surface area contributed by atoms with Crippen LogP contribution in [-0.2, 0) is 10.3 Å². The minimum atomic E-state index is -1.11. The van der Waals surface area contributed by atoms with E-state index in [9.17, 15) is 4.39 Å². The van der Waals surface area contributed by atoms with Crippen LogP contribution in [0, 0.1) is 0 Å². The van der Waals surface area contributed by atoms with Gasteiger partial charge in [0.2, 0.25) is 0 Å². The number of hydrogen-bond acceptors (Lipinski definition) is 5. The second kappa shape index (κ2) is 4.15. The smallest absolute Gasteiger partial charge is 0.154 e. The predicted molar refractivity (Wildman–Crippen MR) is 58.7 cm³/mol. The van der Waals surface area contributed by atoms with Gasteiger partial charge in [-0.1, -0.05) is 6.07 Å². The van der Waals surface area contributed by atoms with E-state index in [1.807, 2.05) is 0 Å². The Morgan fingerprint density at radius 2 is 2.38 bits per heavy atom. The van der Waals surface area contributed by atoms with Gasteiger partial charge in [0.1, 0.15) is 18.7 Å². The van der Waals surface area contributed by atoms with Crippen LogP contribution in [0.1, 0.15) is 5.69 Å². The summed E-state index contributed by atoms with van der Waals surface area (Å²) in [5.41, 5.74) is 10.4. The maximum atomic E-state index is 13.2. The molecule has 0 bridgehead atoms. The van der Waals surface area contributed by atoms with Gasteiger partial charge in [-0.3, -0.25) is 4.99 Å². The Kier molecular flexibility index (Phi) is 2.84. The Morgan fingerprint density at radius 1 is 1.56 bits per heavy atom. The molecule has 1 aliphatic heterocycles. The van der Waals surface area contributed by atoms with Gasteiger partial charge in [-0.15, -0.1) is 0 Å². The Balaban J connectivity index is 2.39. The van der Waals surface area contributed by atoms with E-state index in [1.165, 1.54) is 6.21 Å². The van der Waals surface area contributed by atoms with Crippen molar-refractivity contribution in [1.29, 1.82) is 0 Å². The predicted octanol–water partition coefficient (Wildman–Crippen LogP) is 0.214. The van der Waals surface area contributed by atoms with E-state index in [0.717, 1.165) is 0 Å². The van der Waals surface area contributed by atoms with Crippen molar-refractivity contribution in [1.82, 2.24) is 4.98 Å². The van der Waals surface area contributed by atoms with Gasteiger partial charge in [0.15, 0.2) is 5.54 Å². The summed E-state index contributed by atoms with van der Waals surface area (Å²) in [6, 6.07) is 5.02. The van der Waals surface area contributed by atoms with Crippen molar-refractivity contribution >= 4 is 12.0 Å². The third-order valence-electron chi connectivity index (χ3n) is 2.45. The maximum absolute atomic E-state index is 13.2. The number of nitrogen functional groups attached to an aromatic ring is 1. The average molecular weight is 224 g/mol. The monoisotopic (exact) mass is 224 g/mol. The second-order valence-electron chi connectivity index (χ2n) is 3.67. The molecular weight excluding hydrogens is 211 g/mol. The molecule has 16 heavy (non-hydrogen) atoms. The summed E-state index contributed by atoms with van der Waals surface area (Å²) in [5.74, 6) is 0.329. The largest absolute Gasteiger partial charge is 0.384 e. The van der Waals surface area contributed by atoms with Gasteiger partial charge in [-0.05, 0) is 12.1 Å². The third kappa shape index (κ3) is 1.89. The Labute approximate surface area is 92.3 Å². The first-order valence-electron chi connectivity index (χ1n) is 4.88. The molecule has 1 aromatic rings. The topological polar surface area (TPSA) is 86.5 Å². The highest BCUT2D eigenvalue weighted by atomic mass is 19.1. The van der Waals surface area contributed by atoms with Gasteiger partial charge < -0.3 is 16.2 Å². The van der Waals surface area contributed by atoms with Gasteiger partial charge in [0.25, 0.3) is 0 Å². The van der Waals surface area contributed by atoms with Crippen molar-refractivity contribution in [3.05, 3.63) is 23.9 Å². The summed E-state index contributed by atoms with van der Waals surface area (Å²) in [5, 5.41) is 0. The Morgan fingerprint density at radius 3 is 2.94 bits per heavy atom. The van der Waals surface area contributed by atoms with E-state index in [0.29, 0.717) is 11.5 Å². The SMILES string of the molecule is Nc1cccc(C2(CF)COC(N)C=N2)n1. The molecule has 1 aliphatic rings. The number of aliphatic imine (C=N–C) groups is 1. The number of rotatable bonds is 2. The van der Waals surface area contributed by atoms with Gasteiger partial charge in [-0.2, -0.15) is 0 Å². The number of hydrogen-bond donors (Lipinski definition) is 2. The van der Waals surface area contributed by atoms with Crippen molar-refractivity contribution in [2.24, 2.45) is 10.7 Å². The molecule has 4 N–H and O–H groups in total. The quantitative estimate of drug-likeness (QED) is 0.752. The molecule has 1 aromatic heterocycles. The molecule has 2 atom stereocenters. The standard InChI is InChI=1S/C10H13FN4O/c11-5-10(6-16-9(13)4-14-10)7-2-1-3-8(12)15-7/h1-4,9H,5-6,13H2,(H2,12,15). The van der Waals surface area contributed by atoms with Crippen molar-refractivity contribution in [2.75, 3.05) is 19.0 Å². The van der Waals surface area contributed by atoms with Crippen LogP contribution in [0.15, 0.2) is 23.2 Å². The second-order valence-corrected chi connectivity index (χ2v) is 3.67. The van der Waals surface area contributed by atoms with Crippen LogP contribution in [0.4, 0.5) is 10.2 Å². The lowest BCUT2D eigenvalue weighted by atomic mass is 9.97. The minimum absolute atomic E-state index is 0.0671. The van der Waals surface area contributed by atoms with Crippen LogP contribution in [0.25, 0.3) is 0 Å². The fourth-order valence-electron chi connectivity index (χ4n) is 1.52. The molecule has 0 radical (unpaired) electrons. The molecule has 0 fully saturated rings. The van der Waals surface area contributed by atoms with Crippen LogP contribution < -0.4 is 11.5 Å². The molecular formula is C10H13FN4O. The number of anilines is 1. The molecule has 2 rings (SSSR count). The minimum Gasteiger partial charge on any atom is -0.384 e. The van der Waals surface area contributed by atoms with E-state index in [2.05, 4.69) is 9.98 Å². The van der Waals surface area contributed by atoms with Crippen LogP contribution in [0.3, 0.4) is 0 Å². The van der Waals surface area contributed by atoms with Crippen molar-refractivity contribution in [3.63, 3.8) is 0 Å². The third-order valence-corrected chi connectivity index (χ3v) is 2.45. The van der Waals surface area contributed by atoms with E-state index >= 15 is 0 Å². The number of halogens is 1. The molecule has 0 saturated heterocycles. The summed E-state index contributed by atoms with van der Waals surface area (Å²) in [6.07, 6.45) is 0.800. The van der Waals surface area contributed by atoms with Crippen LogP contribution in [0.2, 0.25) is 0 Å². The highest BCUT2D eigenvalue weighted by Gasteiger charge is 2.36. The number of alkyl halides is 1. The normalized spacial score (nSPS) is 29.2. The van der Waals surface area contributed by atoms with Gasteiger partial charge >= 0.3 is 0 Å². The number of nitrogens with two attached hydrogens (primary N) is 2. The molecule has 0 saturated carbocycles. The van der Waals surface area contributed by atoms with Gasteiger partial charge in [-0.25, -0.2) is 9.37 Å². The van der Waals surface area contributed by atoms with E-state index in [4.69, 9.17) is 16.2 Å². The zero-order chi connectivity index (χ0) is 11.6. The molecule has 5 nitrogen and oxygen atoms in total. The number of pyridine rings is 1. The van der Waals surface area contributed by atoms with Crippen molar-refractivity contribution in [3.8, 4) is 0 Å². The molecule has 0 aromatic carbocycles. The molecule has 2 unspecified atom stereocenters. The fourth-order valence-corrected chi connectivity index (χ4v) is 1.52. The lowest BCUT2D eigenvalue weighted by molar-refractivity contribution is 0.0362. The fraction of sp³-hybridized carbons (Fsp3) is 0.400. The van der Waals surface area contributed by atoms with Crippen LogP contribution >= 0.6 is 0 Å². The van der Waals surface area contributed by atoms with Crippen LogP contribution in [-0.4, -0.2) is 30.7 Å². The maximum Gasteiger partial charge on any atom is 0.154 e. The van der Waals surface area contributed by atoms with E-state index < -0.39 is 18.4 Å². The molecule has 0 amide bonds. The van der Waals surface area contributed by atoms with Gasteiger partial charge in [0, 0.05) is 6.21 Å². The van der Waals surface area contributed by atoms with Crippen LogP contribution in [0.5, 0.6) is 0 Å². The highest BCUT2D eigenvalue weighted by molar-refractivity contribution is 5.64. The summed E-state index contributed by atoms with van der Waals surface area (Å²) >= 11 is 0. The Bertz CT molecular complexity index is 412. The summed E-state index contributed by atoms with van der Waals surface area (Å²) < 4.78 is 18.3. The number of ether oxygens (including phenoxy) is 1. The summed E-state index contributed by atoms with van der Waals surface area (Å²) in [4.78, 5) is 8.17. The summed E-state index contributed by atoms with van der Waals surface area (Å²) in [6.45, 7) is -0.635. The first-order chi connectivity index (χ1) is 7.66. The molecule has 0 spiro atoms. The lowest BCUT2D eigenvalue weighted by Gasteiger charge is -2.30. The van der Waals surface area contributed by atoms with E-state index in [1.54, 1.807) is 18.2 Å². The highest BCUT2D eigenvalue weighted by Crippen LogP contribution is 2.28. The Hall–Kier alpha value is -1.53.